The molecule has 0 bridgehead atoms. The van der Waals surface area contributed by atoms with Crippen LogP contribution < -0.4 is 4.57 Å². The highest BCUT2D eigenvalue weighted by atomic mass is 79.9. The average molecular weight is 281 g/mol. The van der Waals surface area contributed by atoms with E-state index in [0.717, 1.165) is 0 Å². The van der Waals surface area contributed by atoms with Crippen molar-refractivity contribution < 1.29 is 9.67 Å². The summed E-state index contributed by atoms with van der Waals surface area (Å²) in [5, 5.41) is 12.7. The number of hydrogen-bond donors (Lipinski definition) is 1. The molecule has 0 saturated heterocycles. The molecule has 0 saturated carbocycles. The third-order valence-electron chi connectivity index (χ3n) is 2.69. The molecule has 3 heteroatoms. The summed E-state index contributed by atoms with van der Waals surface area (Å²) in [6.07, 6.45) is 1.75. The highest BCUT2D eigenvalue weighted by Crippen LogP contribution is 2.12. The highest BCUT2D eigenvalue weighted by Gasteiger charge is 2.13. The van der Waals surface area contributed by atoms with E-state index in [1.807, 2.05) is 12.1 Å². The predicted octanol–water partition coefficient (Wildman–Crippen LogP) is 2.19. The topological polar surface area (TPSA) is 24.1 Å². The molecule has 1 atom stereocenters. The van der Waals surface area contributed by atoms with Gasteiger partial charge in [0.05, 0.1) is 0 Å². The van der Waals surface area contributed by atoms with Crippen LogP contribution in [0.4, 0.5) is 0 Å². The molecule has 0 aliphatic heterocycles. The first-order valence-corrected chi connectivity index (χ1v) is 6.45. The zero-order valence-corrected chi connectivity index (χ0v) is 10.8. The van der Waals surface area contributed by atoms with Crippen LogP contribution in [0.1, 0.15) is 5.69 Å². The molecule has 0 amide bonds. The molecule has 0 unspecified atom stereocenters. The number of halogens is 1. The van der Waals surface area contributed by atoms with Gasteiger partial charge in [0.15, 0.2) is 18.4 Å². The van der Waals surface area contributed by atoms with Crippen molar-refractivity contribution in [2.24, 2.45) is 0 Å². The van der Waals surface area contributed by atoms with Crippen LogP contribution in [0.3, 0.4) is 0 Å². The van der Waals surface area contributed by atoms with Crippen LogP contribution in [0, 0.1) is 6.92 Å². The van der Waals surface area contributed by atoms with Crippen molar-refractivity contribution in [2.75, 3.05) is 5.33 Å². The van der Waals surface area contributed by atoms with Crippen molar-refractivity contribution in [2.45, 2.75) is 19.6 Å². The smallest absolute Gasteiger partial charge is 0.178 e. The third-order valence-corrected chi connectivity index (χ3v) is 3.44. The molecular formula is C13H15BrNO+. The Bertz CT molecular complexity index is 498. The van der Waals surface area contributed by atoms with E-state index in [4.69, 9.17) is 0 Å². The second-order valence-electron chi connectivity index (χ2n) is 4.00. The fraction of sp³-hybridized carbons (Fsp3) is 0.308. The standard InChI is InChI=1S/C13H15BrNO/c1-10-6-11-4-2-3-5-12(11)8-15(10)9-13(16)7-14/h2-6,8,13,16H,7,9H2,1H3/q+1/t13-/m1/s1. The maximum atomic E-state index is 9.64. The first-order valence-electron chi connectivity index (χ1n) is 5.33. The molecule has 0 fully saturated rings. The molecular weight excluding hydrogens is 266 g/mol. The van der Waals surface area contributed by atoms with Gasteiger partial charge in [0.2, 0.25) is 0 Å². The maximum Gasteiger partial charge on any atom is 0.178 e. The number of fused-ring (bicyclic) bond motifs is 1. The van der Waals surface area contributed by atoms with Crippen LogP contribution >= 0.6 is 15.9 Å². The van der Waals surface area contributed by atoms with Crippen molar-refractivity contribution in [3.63, 3.8) is 0 Å². The molecule has 1 heterocycles. The Balaban J connectivity index is 2.42. The quantitative estimate of drug-likeness (QED) is 0.677. The molecule has 0 spiro atoms. The monoisotopic (exact) mass is 280 g/mol. The van der Waals surface area contributed by atoms with E-state index in [0.29, 0.717) is 11.9 Å². The number of hydrogen-bond acceptors (Lipinski definition) is 1. The predicted molar refractivity (Wildman–Crippen MR) is 68.7 cm³/mol. The minimum absolute atomic E-state index is 0.343. The van der Waals surface area contributed by atoms with Gasteiger partial charge >= 0.3 is 0 Å². The van der Waals surface area contributed by atoms with Gasteiger partial charge in [0.25, 0.3) is 0 Å². The number of benzene rings is 1. The second kappa shape index (κ2) is 4.93. The molecule has 16 heavy (non-hydrogen) atoms. The highest BCUT2D eigenvalue weighted by molar-refractivity contribution is 9.09. The van der Waals surface area contributed by atoms with Crippen molar-refractivity contribution in [1.29, 1.82) is 0 Å². The average Bonchev–Trinajstić information content (AvgIpc) is 2.30. The van der Waals surface area contributed by atoms with Crippen molar-refractivity contribution >= 4 is 26.7 Å². The van der Waals surface area contributed by atoms with E-state index in [-0.39, 0.29) is 6.10 Å². The molecule has 2 aromatic rings. The summed E-state index contributed by atoms with van der Waals surface area (Å²) in [5.74, 6) is 0. The fourth-order valence-corrected chi connectivity index (χ4v) is 2.01. The molecule has 84 valence electrons. The third kappa shape index (κ3) is 2.42. The Morgan fingerprint density at radius 2 is 2.00 bits per heavy atom. The van der Waals surface area contributed by atoms with Crippen LogP contribution in [-0.2, 0) is 6.54 Å². The number of aromatic nitrogens is 1. The van der Waals surface area contributed by atoms with Crippen LogP contribution in [0.25, 0.3) is 10.8 Å². The molecule has 2 nitrogen and oxygen atoms in total. The number of nitrogens with zero attached hydrogens (tertiary/aromatic N) is 1. The van der Waals surface area contributed by atoms with Gasteiger partial charge in [-0.25, -0.2) is 0 Å². The van der Waals surface area contributed by atoms with E-state index in [9.17, 15) is 5.11 Å². The van der Waals surface area contributed by atoms with Crippen LogP contribution in [0.2, 0.25) is 0 Å². The van der Waals surface area contributed by atoms with Crippen LogP contribution in [0.5, 0.6) is 0 Å². The summed E-state index contributed by atoms with van der Waals surface area (Å²) in [6.45, 7) is 2.69. The molecule has 0 radical (unpaired) electrons. The van der Waals surface area contributed by atoms with E-state index in [1.165, 1.54) is 16.5 Å². The van der Waals surface area contributed by atoms with Crippen molar-refractivity contribution in [3.8, 4) is 0 Å². The molecule has 1 aromatic carbocycles. The van der Waals surface area contributed by atoms with Gasteiger partial charge in [-0.05, 0) is 11.5 Å². The number of aliphatic hydroxyl groups excluding tert-OH is 1. The second-order valence-corrected chi connectivity index (χ2v) is 4.65. The minimum atomic E-state index is -0.343. The van der Waals surface area contributed by atoms with Gasteiger partial charge in [-0.3, -0.25) is 0 Å². The summed E-state index contributed by atoms with van der Waals surface area (Å²) in [7, 11) is 0. The van der Waals surface area contributed by atoms with E-state index < -0.39 is 0 Å². The first-order chi connectivity index (χ1) is 7.70. The largest absolute Gasteiger partial charge is 0.386 e. The number of alkyl halides is 1. The van der Waals surface area contributed by atoms with Gasteiger partial charge in [0, 0.05) is 23.7 Å². The Hall–Kier alpha value is -0.930. The summed E-state index contributed by atoms with van der Waals surface area (Å²) >= 11 is 3.28. The molecule has 2 rings (SSSR count). The van der Waals surface area contributed by atoms with Gasteiger partial charge in [0.1, 0.15) is 6.10 Å². The lowest BCUT2D eigenvalue weighted by molar-refractivity contribution is -0.707. The van der Waals surface area contributed by atoms with Gasteiger partial charge in [-0.15, -0.1) is 0 Å². The zero-order chi connectivity index (χ0) is 11.5. The lowest BCUT2D eigenvalue weighted by Crippen LogP contribution is -2.42. The molecule has 0 aliphatic rings. The van der Waals surface area contributed by atoms with Crippen LogP contribution in [0.15, 0.2) is 36.5 Å². The summed E-state index contributed by atoms with van der Waals surface area (Å²) in [6, 6.07) is 10.4. The number of rotatable bonds is 3. The van der Waals surface area contributed by atoms with Crippen molar-refractivity contribution in [3.05, 3.63) is 42.2 Å². The van der Waals surface area contributed by atoms with Crippen LogP contribution in [-0.4, -0.2) is 16.5 Å². The fourth-order valence-electron chi connectivity index (χ4n) is 1.81. The number of pyridine rings is 1. The maximum absolute atomic E-state index is 9.64. The normalized spacial score (nSPS) is 12.9. The van der Waals surface area contributed by atoms with Gasteiger partial charge in [-0.2, -0.15) is 4.57 Å². The van der Waals surface area contributed by atoms with Gasteiger partial charge in [-0.1, -0.05) is 34.1 Å². The first kappa shape index (κ1) is 11.6. The van der Waals surface area contributed by atoms with Gasteiger partial charge < -0.3 is 5.11 Å². The summed E-state index contributed by atoms with van der Waals surface area (Å²) in [5.41, 5.74) is 1.17. The SMILES string of the molecule is Cc1cc2ccccc2c[n+]1C[C@H](O)CBr. The van der Waals surface area contributed by atoms with E-state index in [1.54, 1.807) is 0 Å². The molecule has 1 aromatic heterocycles. The number of aliphatic hydroxyl groups is 1. The van der Waals surface area contributed by atoms with E-state index >= 15 is 0 Å². The minimum Gasteiger partial charge on any atom is -0.386 e. The summed E-state index contributed by atoms with van der Waals surface area (Å²) in [4.78, 5) is 0. The Morgan fingerprint density at radius 3 is 2.69 bits per heavy atom. The molecule has 1 N–H and O–H groups in total. The lowest BCUT2D eigenvalue weighted by atomic mass is 10.1. The van der Waals surface area contributed by atoms with Crippen molar-refractivity contribution in [1.82, 2.24) is 0 Å². The molecule has 0 aliphatic carbocycles. The lowest BCUT2D eigenvalue weighted by Gasteiger charge is -2.06. The Morgan fingerprint density at radius 1 is 1.31 bits per heavy atom. The van der Waals surface area contributed by atoms with E-state index in [2.05, 4.69) is 51.8 Å². The Kier molecular flexibility index (Phi) is 3.56. The Labute approximate surface area is 104 Å². The number of aryl methyl sites for hydroxylation is 1. The zero-order valence-electron chi connectivity index (χ0n) is 9.23. The summed E-state index contributed by atoms with van der Waals surface area (Å²) < 4.78 is 2.09.